The first-order valence-corrected chi connectivity index (χ1v) is 4.20. The highest BCUT2D eigenvalue weighted by molar-refractivity contribution is 9.10. The molecule has 0 rings (SSSR count). The van der Waals surface area contributed by atoms with Crippen LogP contribution in [0.5, 0.6) is 0 Å². The van der Waals surface area contributed by atoms with Crippen molar-refractivity contribution < 1.29 is 9.53 Å². The Morgan fingerprint density at radius 2 is 2.10 bits per heavy atom. The second kappa shape index (κ2) is 3.96. The van der Waals surface area contributed by atoms with Gasteiger partial charge in [-0.1, -0.05) is 22.9 Å². The van der Waals surface area contributed by atoms with Crippen molar-refractivity contribution >= 4 is 21.9 Å². The predicted octanol–water partition coefficient (Wildman–Crippen LogP) is 2.11. The van der Waals surface area contributed by atoms with E-state index in [1.807, 2.05) is 13.8 Å². The molecule has 0 fully saturated rings. The minimum absolute atomic E-state index is 0.183. The highest BCUT2D eigenvalue weighted by atomic mass is 79.9. The number of hydrogen-bond acceptors (Lipinski definition) is 2. The van der Waals surface area contributed by atoms with Crippen molar-refractivity contribution in [3.8, 4) is 0 Å². The molecule has 0 saturated carbocycles. The Bertz CT molecular complexity index is 121. The minimum Gasteiger partial charge on any atom is -0.465 e. The zero-order chi connectivity index (χ0) is 8.20. The first-order chi connectivity index (χ1) is 4.54. The van der Waals surface area contributed by atoms with Gasteiger partial charge in [0.15, 0.2) is 0 Å². The van der Waals surface area contributed by atoms with E-state index in [0.29, 0.717) is 6.61 Å². The van der Waals surface area contributed by atoms with Crippen molar-refractivity contribution in [2.24, 2.45) is 0 Å². The zero-order valence-electron chi connectivity index (χ0n) is 6.61. The third-order valence-corrected chi connectivity index (χ3v) is 2.25. The molecule has 3 heteroatoms. The molecule has 1 atom stereocenters. The molecule has 0 amide bonds. The van der Waals surface area contributed by atoms with Crippen LogP contribution >= 0.6 is 15.9 Å². The molecule has 10 heavy (non-hydrogen) atoms. The molecule has 0 N–H and O–H groups in total. The molecule has 0 aliphatic carbocycles. The summed E-state index contributed by atoms with van der Waals surface area (Å²) >= 11 is 3.27. The Morgan fingerprint density at radius 3 is 2.40 bits per heavy atom. The first kappa shape index (κ1) is 9.95. The van der Waals surface area contributed by atoms with Gasteiger partial charge in [-0.05, 0) is 20.3 Å². The molecule has 0 bridgehead atoms. The monoisotopic (exact) mass is 208 g/mol. The van der Waals surface area contributed by atoms with E-state index in [4.69, 9.17) is 4.74 Å². The molecule has 0 aromatic rings. The molecule has 0 saturated heterocycles. The smallest absolute Gasteiger partial charge is 0.322 e. The Kier molecular flexibility index (Phi) is 3.94. The molecular formula is C7H13BrO2. The van der Waals surface area contributed by atoms with Crippen molar-refractivity contribution in [2.75, 3.05) is 6.61 Å². The lowest BCUT2D eigenvalue weighted by Crippen LogP contribution is -2.29. The summed E-state index contributed by atoms with van der Waals surface area (Å²) in [6.07, 6.45) is 0.742. The summed E-state index contributed by atoms with van der Waals surface area (Å²) in [7, 11) is 0. The lowest BCUT2D eigenvalue weighted by atomic mass is 10.1. The van der Waals surface area contributed by atoms with Crippen molar-refractivity contribution in [1.82, 2.24) is 0 Å². The molecule has 0 aliphatic rings. The van der Waals surface area contributed by atoms with Crippen LogP contribution in [0.3, 0.4) is 0 Å². The molecule has 0 spiro atoms. The van der Waals surface area contributed by atoms with Crippen LogP contribution in [0.25, 0.3) is 0 Å². The van der Waals surface area contributed by atoms with Gasteiger partial charge in [0.2, 0.25) is 0 Å². The van der Waals surface area contributed by atoms with Gasteiger partial charge in [-0.25, -0.2) is 0 Å². The molecule has 0 radical (unpaired) electrons. The average molecular weight is 209 g/mol. The van der Waals surface area contributed by atoms with E-state index in [9.17, 15) is 4.79 Å². The van der Waals surface area contributed by atoms with Crippen LogP contribution in [-0.2, 0) is 9.53 Å². The topological polar surface area (TPSA) is 26.3 Å². The summed E-state index contributed by atoms with van der Waals surface area (Å²) < 4.78 is 4.31. The van der Waals surface area contributed by atoms with E-state index in [0.717, 1.165) is 6.42 Å². The summed E-state index contributed by atoms with van der Waals surface area (Å²) in [5.41, 5.74) is 0. The van der Waals surface area contributed by atoms with Crippen molar-refractivity contribution in [1.29, 1.82) is 0 Å². The molecule has 0 unspecified atom stereocenters. The van der Waals surface area contributed by atoms with Gasteiger partial charge in [0.1, 0.15) is 4.32 Å². The fourth-order valence-corrected chi connectivity index (χ4v) is 0.540. The molecule has 0 heterocycles. The van der Waals surface area contributed by atoms with Gasteiger partial charge in [-0.15, -0.1) is 0 Å². The molecule has 0 aliphatic heterocycles. The maximum atomic E-state index is 11.0. The second-order valence-corrected chi connectivity index (χ2v) is 4.02. The fraction of sp³-hybridized carbons (Fsp3) is 0.857. The standard InChI is InChI=1S/C7H13BrO2/c1-4-7(3,8)6(9)10-5-2/h4-5H2,1-3H3/t7-/m1/s1. The Balaban J connectivity index is 3.91. The highest BCUT2D eigenvalue weighted by Gasteiger charge is 2.28. The van der Waals surface area contributed by atoms with Crippen molar-refractivity contribution in [2.45, 2.75) is 31.5 Å². The van der Waals surface area contributed by atoms with Crippen molar-refractivity contribution in [3.05, 3.63) is 0 Å². The molecule has 60 valence electrons. The number of rotatable bonds is 3. The molecule has 0 aromatic carbocycles. The van der Waals surface area contributed by atoms with E-state index in [1.54, 1.807) is 6.92 Å². The predicted molar refractivity (Wildman–Crippen MR) is 44.3 cm³/mol. The lowest BCUT2D eigenvalue weighted by Gasteiger charge is -2.17. The Labute approximate surface area is 70.1 Å². The van der Waals surface area contributed by atoms with E-state index < -0.39 is 4.32 Å². The maximum absolute atomic E-state index is 11.0. The average Bonchev–Trinajstić information content (AvgIpc) is 1.89. The fourth-order valence-electron chi connectivity index (χ4n) is 0.426. The maximum Gasteiger partial charge on any atom is 0.322 e. The number of hydrogen-bond donors (Lipinski definition) is 0. The molecular weight excluding hydrogens is 196 g/mol. The highest BCUT2D eigenvalue weighted by Crippen LogP contribution is 2.22. The van der Waals surface area contributed by atoms with Gasteiger partial charge in [-0.2, -0.15) is 0 Å². The van der Waals surface area contributed by atoms with E-state index >= 15 is 0 Å². The number of carbonyl (C=O) groups excluding carboxylic acids is 1. The van der Waals surface area contributed by atoms with Gasteiger partial charge in [0, 0.05) is 0 Å². The molecule has 0 aromatic heterocycles. The van der Waals surface area contributed by atoms with Crippen molar-refractivity contribution in [3.63, 3.8) is 0 Å². The van der Waals surface area contributed by atoms with Crippen LogP contribution in [0.4, 0.5) is 0 Å². The normalized spacial score (nSPS) is 16.0. The van der Waals surface area contributed by atoms with Gasteiger partial charge in [0.05, 0.1) is 6.61 Å². The van der Waals surface area contributed by atoms with E-state index in [2.05, 4.69) is 15.9 Å². The largest absolute Gasteiger partial charge is 0.465 e. The minimum atomic E-state index is -0.497. The number of carbonyl (C=O) groups is 1. The number of esters is 1. The van der Waals surface area contributed by atoms with Crippen LogP contribution in [-0.4, -0.2) is 16.9 Å². The van der Waals surface area contributed by atoms with Gasteiger partial charge in [-0.3, -0.25) is 4.79 Å². The summed E-state index contributed by atoms with van der Waals surface area (Å²) in [4.78, 5) is 11.0. The summed E-state index contributed by atoms with van der Waals surface area (Å²) in [6, 6.07) is 0. The Hall–Kier alpha value is -0.0500. The third-order valence-electron chi connectivity index (χ3n) is 1.37. The third kappa shape index (κ3) is 2.69. The van der Waals surface area contributed by atoms with Crippen LogP contribution < -0.4 is 0 Å². The van der Waals surface area contributed by atoms with Crippen LogP contribution in [0, 0.1) is 0 Å². The number of alkyl halides is 1. The summed E-state index contributed by atoms with van der Waals surface area (Å²) in [6.45, 7) is 5.99. The van der Waals surface area contributed by atoms with Gasteiger partial charge in [0.25, 0.3) is 0 Å². The number of ether oxygens (including phenoxy) is 1. The quantitative estimate of drug-likeness (QED) is 0.525. The summed E-state index contributed by atoms with van der Waals surface area (Å²) in [5, 5.41) is 0. The first-order valence-electron chi connectivity index (χ1n) is 3.40. The Morgan fingerprint density at radius 1 is 1.60 bits per heavy atom. The molecule has 2 nitrogen and oxygen atoms in total. The second-order valence-electron chi connectivity index (χ2n) is 2.27. The summed E-state index contributed by atoms with van der Waals surface area (Å²) in [5.74, 6) is -0.183. The SMILES string of the molecule is CCOC(=O)[C@](C)(Br)CC. The van der Waals surface area contributed by atoms with Crippen LogP contribution in [0.15, 0.2) is 0 Å². The number of halogens is 1. The van der Waals surface area contributed by atoms with E-state index in [-0.39, 0.29) is 5.97 Å². The van der Waals surface area contributed by atoms with Crippen LogP contribution in [0.1, 0.15) is 27.2 Å². The lowest BCUT2D eigenvalue weighted by molar-refractivity contribution is -0.145. The van der Waals surface area contributed by atoms with E-state index in [1.165, 1.54) is 0 Å². The zero-order valence-corrected chi connectivity index (χ0v) is 8.19. The van der Waals surface area contributed by atoms with Crippen LogP contribution in [0.2, 0.25) is 0 Å². The van der Waals surface area contributed by atoms with Gasteiger partial charge < -0.3 is 4.74 Å². The van der Waals surface area contributed by atoms with Gasteiger partial charge >= 0.3 is 5.97 Å².